The quantitative estimate of drug-likeness (QED) is 0.903. The maximum absolute atomic E-state index is 6.18. The van der Waals surface area contributed by atoms with Crippen LogP contribution in [-0.4, -0.2) is 4.98 Å². The van der Waals surface area contributed by atoms with E-state index in [4.69, 9.17) is 28.9 Å². The number of nitrogens with two attached hydrogens (primary N) is 1. The summed E-state index contributed by atoms with van der Waals surface area (Å²) < 4.78 is 0. The first-order valence-electron chi connectivity index (χ1n) is 5.40. The summed E-state index contributed by atoms with van der Waals surface area (Å²) in [6, 6.07) is 9.47. The molecule has 1 heterocycles. The van der Waals surface area contributed by atoms with Crippen molar-refractivity contribution >= 4 is 35.0 Å². The summed E-state index contributed by atoms with van der Waals surface area (Å²) >= 11 is 13.5. The number of halogens is 2. The monoisotopic (exact) mass is 298 g/mol. The van der Waals surface area contributed by atoms with Gasteiger partial charge in [0.05, 0.1) is 5.02 Å². The fourth-order valence-corrected chi connectivity index (χ4v) is 2.81. The SMILES string of the molecule is CC(N)c1ccc(Sc2ccc(Cl)cn2)cc1Cl. The van der Waals surface area contributed by atoms with Crippen molar-refractivity contribution in [1.82, 2.24) is 4.98 Å². The Hall–Kier alpha value is -0.740. The van der Waals surface area contributed by atoms with E-state index in [2.05, 4.69) is 4.98 Å². The first kappa shape index (κ1) is 13.7. The van der Waals surface area contributed by atoms with E-state index in [9.17, 15) is 0 Å². The van der Waals surface area contributed by atoms with E-state index in [-0.39, 0.29) is 6.04 Å². The van der Waals surface area contributed by atoms with Crippen LogP contribution >= 0.6 is 35.0 Å². The fraction of sp³-hybridized carbons (Fsp3) is 0.154. The van der Waals surface area contributed by atoms with Crippen molar-refractivity contribution in [2.75, 3.05) is 0 Å². The Morgan fingerprint density at radius 1 is 1.22 bits per heavy atom. The van der Waals surface area contributed by atoms with Crippen molar-refractivity contribution in [2.45, 2.75) is 22.9 Å². The highest BCUT2D eigenvalue weighted by molar-refractivity contribution is 7.99. The number of rotatable bonds is 3. The molecule has 0 saturated heterocycles. The summed E-state index contributed by atoms with van der Waals surface area (Å²) in [5.74, 6) is 0. The Morgan fingerprint density at radius 3 is 2.56 bits per heavy atom. The second-order valence-electron chi connectivity index (χ2n) is 3.89. The van der Waals surface area contributed by atoms with E-state index in [0.717, 1.165) is 15.5 Å². The van der Waals surface area contributed by atoms with Gasteiger partial charge < -0.3 is 5.73 Å². The molecule has 0 radical (unpaired) electrons. The summed E-state index contributed by atoms with van der Waals surface area (Å²) in [5, 5.41) is 2.19. The highest BCUT2D eigenvalue weighted by Gasteiger charge is 2.07. The second-order valence-corrected chi connectivity index (χ2v) is 5.83. The molecule has 94 valence electrons. The zero-order chi connectivity index (χ0) is 13.1. The molecule has 0 fully saturated rings. The molecule has 1 aromatic heterocycles. The zero-order valence-corrected chi connectivity index (χ0v) is 12.1. The highest BCUT2D eigenvalue weighted by atomic mass is 35.5. The van der Waals surface area contributed by atoms with Crippen LogP contribution in [0.3, 0.4) is 0 Å². The molecule has 5 heteroatoms. The molecule has 0 aliphatic carbocycles. The number of nitrogens with zero attached hydrogens (tertiary/aromatic N) is 1. The van der Waals surface area contributed by atoms with Crippen molar-refractivity contribution in [1.29, 1.82) is 0 Å². The van der Waals surface area contributed by atoms with Gasteiger partial charge in [0.2, 0.25) is 0 Å². The molecular formula is C13H12Cl2N2S. The molecule has 2 aromatic rings. The van der Waals surface area contributed by atoms with Crippen LogP contribution < -0.4 is 5.73 Å². The van der Waals surface area contributed by atoms with Gasteiger partial charge in [-0.05, 0) is 36.8 Å². The van der Waals surface area contributed by atoms with E-state index >= 15 is 0 Å². The van der Waals surface area contributed by atoms with Crippen molar-refractivity contribution in [2.24, 2.45) is 5.73 Å². The topological polar surface area (TPSA) is 38.9 Å². The molecule has 0 bridgehead atoms. The fourth-order valence-electron chi connectivity index (χ4n) is 1.48. The van der Waals surface area contributed by atoms with Gasteiger partial charge in [-0.15, -0.1) is 0 Å². The Labute approximate surface area is 121 Å². The molecule has 0 saturated carbocycles. The van der Waals surface area contributed by atoms with Crippen LogP contribution in [-0.2, 0) is 0 Å². The van der Waals surface area contributed by atoms with E-state index in [0.29, 0.717) is 10.0 Å². The molecule has 1 unspecified atom stereocenters. The highest BCUT2D eigenvalue weighted by Crippen LogP contribution is 2.31. The van der Waals surface area contributed by atoms with E-state index in [1.165, 1.54) is 11.8 Å². The van der Waals surface area contributed by atoms with Gasteiger partial charge in [-0.1, -0.05) is 41.0 Å². The van der Waals surface area contributed by atoms with Crippen molar-refractivity contribution < 1.29 is 0 Å². The first-order valence-corrected chi connectivity index (χ1v) is 6.98. The standard InChI is InChI=1S/C13H12Cl2N2S/c1-8(16)11-4-3-10(6-12(11)15)18-13-5-2-9(14)7-17-13/h2-8H,16H2,1H3. The normalized spacial score (nSPS) is 12.4. The zero-order valence-electron chi connectivity index (χ0n) is 9.73. The van der Waals surface area contributed by atoms with Crippen LogP contribution in [0.15, 0.2) is 46.5 Å². The molecule has 0 aliphatic rings. The predicted octanol–water partition coefficient (Wildman–Crippen LogP) is 4.56. The smallest absolute Gasteiger partial charge is 0.101 e. The van der Waals surface area contributed by atoms with Gasteiger partial charge in [0, 0.05) is 22.2 Å². The summed E-state index contributed by atoms with van der Waals surface area (Å²) in [5.41, 5.74) is 6.76. The molecule has 2 rings (SSSR count). The van der Waals surface area contributed by atoms with E-state index in [1.54, 1.807) is 6.20 Å². The van der Waals surface area contributed by atoms with Crippen LogP contribution in [0.25, 0.3) is 0 Å². The lowest BCUT2D eigenvalue weighted by molar-refractivity contribution is 0.817. The third-order valence-corrected chi connectivity index (χ3v) is 3.88. The minimum atomic E-state index is -0.0646. The first-order chi connectivity index (χ1) is 8.56. The Kier molecular flexibility index (Phi) is 4.51. The number of hydrogen-bond donors (Lipinski definition) is 1. The van der Waals surface area contributed by atoms with Gasteiger partial charge in [0.15, 0.2) is 0 Å². The van der Waals surface area contributed by atoms with Crippen LogP contribution in [0.5, 0.6) is 0 Å². The van der Waals surface area contributed by atoms with E-state index < -0.39 is 0 Å². The van der Waals surface area contributed by atoms with Crippen LogP contribution in [0, 0.1) is 0 Å². The Bertz CT molecular complexity index is 541. The largest absolute Gasteiger partial charge is 0.324 e. The maximum Gasteiger partial charge on any atom is 0.101 e. The summed E-state index contributed by atoms with van der Waals surface area (Å²) in [6.45, 7) is 1.91. The van der Waals surface area contributed by atoms with Gasteiger partial charge in [0.25, 0.3) is 0 Å². The summed E-state index contributed by atoms with van der Waals surface area (Å²) in [6.07, 6.45) is 1.63. The van der Waals surface area contributed by atoms with Crippen molar-refractivity contribution in [3.05, 3.63) is 52.1 Å². The van der Waals surface area contributed by atoms with Gasteiger partial charge >= 0.3 is 0 Å². The van der Waals surface area contributed by atoms with Gasteiger partial charge in [-0.2, -0.15) is 0 Å². The summed E-state index contributed by atoms with van der Waals surface area (Å²) in [7, 11) is 0. The van der Waals surface area contributed by atoms with Crippen LogP contribution in [0.4, 0.5) is 0 Å². The lowest BCUT2D eigenvalue weighted by Gasteiger charge is -2.09. The van der Waals surface area contributed by atoms with Crippen LogP contribution in [0.1, 0.15) is 18.5 Å². The molecule has 18 heavy (non-hydrogen) atoms. The summed E-state index contributed by atoms with van der Waals surface area (Å²) in [4.78, 5) is 5.25. The molecule has 0 aliphatic heterocycles. The lowest BCUT2D eigenvalue weighted by Crippen LogP contribution is -2.05. The van der Waals surface area contributed by atoms with Crippen LogP contribution in [0.2, 0.25) is 10.0 Å². The van der Waals surface area contributed by atoms with Gasteiger partial charge in [-0.3, -0.25) is 0 Å². The lowest BCUT2D eigenvalue weighted by atomic mass is 10.1. The average molecular weight is 299 g/mol. The molecular weight excluding hydrogens is 287 g/mol. The molecule has 2 nitrogen and oxygen atoms in total. The van der Waals surface area contributed by atoms with E-state index in [1.807, 2.05) is 37.3 Å². The molecule has 1 atom stereocenters. The third kappa shape index (κ3) is 3.39. The van der Waals surface area contributed by atoms with Gasteiger partial charge in [-0.25, -0.2) is 4.98 Å². The average Bonchev–Trinajstić information content (AvgIpc) is 2.32. The number of hydrogen-bond acceptors (Lipinski definition) is 3. The number of pyridine rings is 1. The minimum Gasteiger partial charge on any atom is -0.324 e. The van der Waals surface area contributed by atoms with Crippen molar-refractivity contribution in [3.63, 3.8) is 0 Å². The second kappa shape index (κ2) is 5.93. The molecule has 0 amide bonds. The van der Waals surface area contributed by atoms with Crippen molar-refractivity contribution in [3.8, 4) is 0 Å². The van der Waals surface area contributed by atoms with Gasteiger partial charge in [0.1, 0.15) is 5.03 Å². The molecule has 0 spiro atoms. The Balaban J connectivity index is 2.20. The molecule has 1 aromatic carbocycles. The predicted molar refractivity (Wildman–Crippen MR) is 77.4 cm³/mol. The Morgan fingerprint density at radius 2 is 2.00 bits per heavy atom. The third-order valence-electron chi connectivity index (χ3n) is 2.39. The molecule has 2 N–H and O–H groups in total. The maximum atomic E-state index is 6.18. The number of aromatic nitrogens is 1. The minimum absolute atomic E-state index is 0.0646. The number of benzene rings is 1.